The summed E-state index contributed by atoms with van der Waals surface area (Å²) in [7, 11) is 0. The lowest BCUT2D eigenvalue weighted by Gasteiger charge is -2.12. The van der Waals surface area contributed by atoms with E-state index in [-0.39, 0.29) is 12.1 Å². The molecule has 0 aromatic carbocycles. The quantitative estimate of drug-likeness (QED) is 0.753. The summed E-state index contributed by atoms with van der Waals surface area (Å²) in [5.74, 6) is 0.848. The fraction of sp³-hybridized carbons (Fsp3) is 0.273. The molecule has 0 aliphatic heterocycles. The Morgan fingerprint density at radius 2 is 2.53 bits per heavy atom. The van der Waals surface area contributed by atoms with Crippen molar-refractivity contribution in [2.45, 2.75) is 19.4 Å². The van der Waals surface area contributed by atoms with Gasteiger partial charge in [-0.3, -0.25) is 5.10 Å². The molecular formula is C11H14N4O2. The van der Waals surface area contributed by atoms with Gasteiger partial charge >= 0.3 is 6.03 Å². The average molecular weight is 234 g/mol. The van der Waals surface area contributed by atoms with Crippen LogP contribution in [0.2, 0.25) is 0 Å². The van der Waals surface area contributed by atoms with Crippen LogP contribution < -0.4 is 10.6 Å². The molecule has 2 aromatic heterocycles. The smallest absolute Gasteiger partial charge is 0.319 e. The van der Waals surface area contributed by atoms with Gasteiger partial charge in [0.25, 0.3) is 0 Å². The second kappa shape index (κ2) is 5.20. The number of aromatic nitrogens is 2. The second-order valence-electron chi connectivity index (χ2n) is 3.77. The lowest BCUT2D eigenvalue weighted by Crippen LogP contribution is -2.37. The predicted octanol–water partition coefficient (Wildman–Crippen LogP) is 1.76. The number of nitrogens with one attached hydrogen (secondary N) is 3. The third-order valence-electron chi connectivity index (χ3n) is 2.22. The highest BCUT2D eigenvalue weighted by Gasteiger charge is 2.09. The molecule has 1 atom stereocenters. The SMILES string of the molecule is C[C@@H](Cc1ccco1)NC(=O)Nc1cn[nH]c1. The number of urea groups is 1. The minimum atomic E-state index is -0.259. The maximum Gasteiger partial charge on any atom is 0.319 e. The molecule has 0 spiro atoms. The van der Waals surface area contributed by atoms with E-state index in [1.54, 1.807) is 12.5 Å². The molecular weight excluding hydrogens is 220 g/mol. The zero-order chi connectivity index (χ0) is 12.1. The van der Waals surface area contributed by atoms with Crippen molar-refractivity contribution in [3.05, 3.63) is 36.5 Å². The van der Waals surface area contributed by atoms with Gasteiger partial charge in [0.2, 0.25) is 0 Å². The van der Waals surface area contributed by atoms with Crippen molar-refractivity contribution in [3.63, 3.8) is 0 Å². The first-order chi connectivity index (χ1) is 8.24. The molecule has 0 aliphatic rings. The zero-order valence-corrected chi connectivity index (χ0v) is 9.43. The Balaban J connectivity index is 1.78. The van der Waals surface area contributed by atoms with E-state index in [9.17, 15) is 4.79 Å². The Morgan fingerprint density at radius 1 is 1.65 bits per heavy atom. The summed E-state index contributed by atoms with van der Waals surface area (Å²) in [5.41, 5.74) is 0.632. The van der Waals surface area contributed by atoms with E-state index in [4.69, 9.17) is 4.42 Å². The minimum absolute atomic E-state index is 0.00643. The highest BCUT2D eigenvalue weighted by atomic mass is 16.3. The van der Waals surface area contributed by atoms with E-state index in [2.05, 4.69) is 20.8 Å². The second-order valence-corrected chi connectivity index (χ2v) is 3.77. The molecule has 0 fully saturated rings. The molecule has 0 saturated heterocycles. The molecule has 2 aromatic rings. The van der Waals surface area contributed by atoms with Crippen molar-refractivity contribution >= 4 is 11.7 Å². The predicted molar refractivity (Wildman–Crippen MR) is 62.6 cm³/mol. The molecule has 0 aliphatic carbocycles. The van der Waals surface area contributed by atoms with Crippen molar-refractivity contribution in [1.29, 1.82) is 0 Å². The first-order valence-corrected chi connectivity index (χ1v) is 5.32. The molecule has 90 valence electrons. The summed E-state index contributed by atoms with van der Waals surface area (Å²) in [6.07, 6.45) is 5.42. The Hall–Kier alpha value is -2.24. The number of carbonyl (C=O) groups excluding carboxylic acids is 1. The van der Waals surface area contributed by atoms with Crippen LogP contribution in [0.1, 0.15) is 12.7 Å². The fourth-order valence-corrected chi connectivity index (χ4v) is 1.49. The van der Waals surface area contributed by atoms with Gasteiger partial charge in [0.15, 0.2) is 0 Å². The summed E-state index contributed by atoms with van der Waals surface area (Å²) in [4.78, 5) is 11.6. The largest absolute Gasteiger partial charge is 0.469 e. The van der Waals surface area contributed by atoms with Crippen LogP contribution in [0.25, 0.3) is 0 Å². The number of hydrogen-bond acceptors (Lipinski definition) is 3. The lowest BCUT2D eigenvalue weighted by atomic mass is 10.2. The van der Waals surface area contributed by atoms with Crippen LogP contribution in [0.5, 0.6) is 0 Å². The number of H-pyrrole nitrogens is 1. The van der Waals surface area contributed by atoms with Gasteiger partial charge in [0, 0.05) is 18.7 Å². The van der Waals surface area contributed by atoms with E-state index >= 15 is 0 Å². The Bertz CT molecular complexity index is 450. The van der Waals surface area contributed by atoms with Gasteiger partial charge in [-0.05, 0) is 19.1 Å². The molecule has 6 nitrogen and oxygen atoms in total. The lowest BCUT2D eigenvalue weighted by molar-refractivity contribution is 0.248. The molecule has 17 heavy (non-hydrogen) atoms. The number of carbonyl (C=O) groups is 1. The van der Waals surface area contributed by atoms with Gasteiger partial charge in [-0.2, -0.15) is 5.10 Å². The molecule has 6 heteroatoms. The van der Waals surface area contributed by atoms with Gasteiger partial charge in [0.1, 0.15) is 5.76 Å². The van der Waals surface area contributed by atoms with Crippen LogP contribution in [0.15, 0.2) is 35.2 Å². The first kappa shape index (κ1) is 11.3. The molecule has 3 N–H and O–H groups in total. The minimum Gasteiger partial charge on any atom is -0.469 e. The van der Waals surface area contributed by atoms with Crippen LogP contribution in [-0.2, 0) is 6.42 Å². The van der Waals surface area contributed by atoms with E-state index in [1.165, 1.54) is 6.20 Å². The number of rotatable bonds is 4. The van der Waals surface area contributed by atoms with E-state index < -0.39 is 0 Å². The average Bonchev–Trinajstić information content (AvgIpc) is 2.90. The number of aromatic amines is 1. The molecule has 0 radical (unpaired) electrons. The molecule has 2 rings (SSSR count). The van der Waals surface area contributed by atoms with E-state index in [0.29, 0.717) is 12.1 Å². The molecule has 2 heterocycles. The molecule has 0 bridgehead atoms. The van der Waals surface area contributed by atoms with Crippen molar-refractivity contribution < 1.29 is 9.21 Å². The van der Waals surface area contributed by atoms with Crippen molar-refractivity contribution in [1.82, 2.24) is 15.5 Å². The number of nitrogens with zero attached hydrogens (tertiary/aromatic N) is 1. The maximum absolute atomic E-state index is 11.6. The molecule has 0 unspecified atom stereocenters. The monoisotopic (exact) mass is 234 g/mol. The number of furan rings is 1. The maximum atomic E-state index is 11.6. The van der Waals surface area contributed by atoms with Crippen LogP contribution in [-0.4, -0.2) is 22.3 Å². The Kier molecular flexibility index (Phi) is 3.44. The normalized spacial score (nSPS) is 12.1. The zero-order valence-electron chi connectivity index (χ0n) is 9.43. The molecule has 0 saturated carbocycles. The third-order valence-corrected chi connectivity index (χ3v) is 2.22. The van der Waals surface area contributed by atoms with Crippen LogP contribution >= 0.6 is 0 Å². The highest BCUT2D eigenvalue weighted by molar-refractivity contribution is 5.89. The summed E-state index contributed by atoms with van der Waals surface area (Å²) in [6.45, 7) is 1.91. The summed E-state index contributed by atoms with van der Waals surface area (Å²) in [6, 6.07) is 3.44. The van der Waals surface area contributed by atoms with Gasteiger partial charge in [-0.25, -0.2) is 4.79 Å². The van der Waals surface area contributed by atoms with Crippen molar-refractivity contribution in [2.75, 3.05) is 5.32 Å². The van der Waals surface area contributed by atoms with Crippen LogP contribution in [0.4, 0.5) is 10.5 Å². The van der Waals surface area contributed by atoms with Crippen molar-refractivity contribution in [2.24, 2.45) is 0 Å². The number of anilines is 1. The van der Waals surface area contributed by atoms with E-state index in [0.717, 1.165) is 5.76 Å². The summed E-state index contributed by atoms with van der Waals surface area (Å²) >= 11 is 0. The summed E-state index contributed by atoms with van der Waals surface area (Å²) < 4.78 is 5.20. The third kappa shape index (κ3) is 3.37. The van der Waals surface area contributed by atoms with Gasteiger partial charge < -0.3 is 15.1 Å². The van der Waals surface area contributed by atoms with E-state index in [1.807, 2.05) is 19.1 Å². The van der Waals surface area contributed by atoms with Gasteiger partial charge in [-0.1, -0.05) is 0 Å². The molecule has 2 amide bonds. The number of hydrogen-bond donors (Lipinski definition) is 3. The Morgan fingerprint density at radius 3 is 3.18 bits per heavy atom. The van der Waals surface area contributed by atoms with Crippen molar-refractivity contribution in [3.8, 4) is 0 Å². The van der Waals surface area contributed by atoms with Gasteiger partial charge in [0.05, 0.1) is 18.1 Å². The summed E-state index contributed by atoms with van der Waals surface area (Å²) in [5, 5.41) is 11.8. The fourth-order valence-electron chi connectivity index (χ4n) is 1.49. The topological polar surface area (TPSA) is 82.9 Å². The van der Waals surface area contributed by atoms with Gasteiger partial charge in [-0.15, -0.1) is 0 Å². The highest BCUT2D eigenvalue weighted by Crippen LogP contribution is 2.05. The Labute approximate surface area is 98.4 Å². The first-order valence-electron chi connectivity index (χ1n) is 5.32. The number of amides is 2. The van der Waals surface area contributed by atoms with Crippen LogP contribution in [0, 0.1) is 0 Å². The van der Waals surface area contributed by atoms with Crippen LogP contribution in [0.3, 0.4) is 0 Å². The standard InChI is InChI=1S/C11H14N4O2/c1-8(5-10-3-2-4-17-10)14-11(16)15-9-6-12-13-7-9/h2-4,6-8H,5H2,1H3,(H,12,13)(H2,14,15,16)/t8-/m0/s1.